The van der Waals surface area contributed by atoms with E-state index in [0.29, 0.717) is 0 Å². The molecule has 1 aliphatic rings. The highest BCUT2D eigenvalue weighted by Gasteiger charge is 2.19. The number of hydrogen-bond donors (Lipinski definition) is 0. The number of benzene rings is 5. The van der Waals surface area contributed by atoms with Crippen LogP contribution in [0.1, 0.15) is 35.6 Å². The molecule has 0 atom stereocenters. The Morgan fingerprint density at radius 3 is 1.82 bits per heavy atom. The summed E-state index contributed by atoms with van der Waals surface area (Å²) in [5, 5.41) is 2.56. The highest BCUT2D eigenvalue weighted by atomic mass is 14.2. The van der Waals surface area contributed by atoms with Gasteiger partial charge in [-0.3, -0.25) is 0 Å². The molecule has 5 aromatic rings. The van der Waals surface area contributed by atoms with E-state index >= 15 is 0 Å². The third kappa shape index (κ3) is 3.66. The second-order valence-corrected chi connectivity index (χ2v) is 9.48. The molecule has 0 nitrogen and oxygen atoms in total. The third-order valence-electron chi connectivity index (χ3n) is 7.27. The Hall–Kier alpha value is -3.90. The zero-order valence-electron chi connectivity index (χ0n) is 19.8. The fraction of sp³-hybridized carbons (Fsp3) is 0.118. The van der Waals surface area contributed by atoms with Crippen molar-refractivity contribution in [1.82, 2.24) is 0 Å². The van der Waals surface area contributed by atoms with Gasteiger partial charge in [0.25, 0.3) is 0 Å². The van der Waals surface area contributed by atoms with E-state index in [2.05, 4.69) is 123 Å². The average molecular weight is 437 g/mol. The summed E-state index contributed by atoms with van der Waals surface area (Å²) in [6, 6.07) is 40.1. The summed E-state index contributed by atoms with van der Waals surface area (Å²) in [6.07, 6.45) is 2.23. The Morgan fingerprint density at radius 1 is 0.471 bits per heavy atom. The van der Waals surface area contributed by atoms with Crippen LogP contribution < -0.4 is 0 Å². The summed E-state index contributed by atoms with van der Waals surface area (Å²) < 4.78 is 0. The van der Waals surface area contributed by atoms with Gasteiger partial charge in [0.05, 0.1) is 0 Å². The minimum atomic E-state index is 1.11. The second kappa shape index (κ2) is 8.47. The highest BCUT2D eigenvalue weighted by molar-refractivity contribution is 5.92. The molecule has 6 rings (SSSR count). The van der Waals surface area contributed by atoms with E-state index < -0.39 is 0 Å². The van der Waals surface area contributed by atoms with Gasteiger partial charge >= 0.3 is 0 Å². The van der Waals surface area contributed by atoms with Gasteiger partial charge in [0.1, 0.15) is 0 Å². The topological polar surface area (TPSA) is 0 Å². The van der Waals surface area contributed by atoms with Gasteiger partial charge in [0.15, 0.2) is 0 Å². The maximum absolute atomic E-state index is 2.42. The van der Waals surface area contributed by atoms with Crippen LogP contribution in [0, 0.1) is 6.92 Å². The van der Waals surface area contributed by atoms with Crippen molar-refractivity contribution >= 4 is 16.3 Å². The summed E-state index contributed by atoms with van der Waals surface area (Å²) in [5.74, 6) is 0. The monoisotopic (exact) mass is 436 g/mol. The number of rotatable bonds is 3. The smallest absolute Gasteiger partial charge is 0.0117 e. The molecular formula is C34H28. The molecule has 0 unspecified atom stereocenters. The quantitative estimate of drug-likeness (QED) is 0.264. The van der Waals surface area contributed by atoms with Crippen molar-refractivity contribution in [3.63, 3.8) is 0 Å². The second-order valence-electron chi connectivity index (χ2n) is 9.48. The van der Waals surface area contributed by atoms with Crippen LogP contribution in [0.2, 0.25) is 0 Å². The van der Waals surface area contributed by atoms with Crippen LogP contribution in [-0.2, 0) is 6.42 Å². The van der Waals surface area contributed by atoms with Crippen molar-refractivity contribution in [2.45, 2.75) is 26.7 Å². The van der Waals surface area contributed by atoms with E-state index in [1.54, 1.807) is 0 Å². The van der Waals surface area contributed by atoms with E-state index in [1.807, 2.05) is 0 Å². The molecule has 1 aliphatic carbocycles. The van der Waals surface area contributed by atoms with Gasteiger partial charge in [-0.05, 0) is 99.7 Å². The molecule has 0 amide bonds. The van der Waals surface area contributed by atoms with Crippen LogP contribution in [0.3, 0.4) is 0 Å². The van der Waals surface area contributed by atoms with E-state index in [4.69, 9.17) is 0 Å². The van der Waals surface area contributed by atoms with E-state index in [1.165, 1.54) is 66.4 Å². The minimum absolute atomic E-state index is 1.11. The van der Waals surface area contributed by atoms with Gasteiger partial charge in [-0.1, -0.05) is 103 Å². The van der Waals surface area contributed by atoms with Gasteiger partial charge in [-0.2, -0.15) is 0 Å². The summed E-state index contributed by atoms with van der Waals surface area (Å²) in [7, 11) is 0. The van der Waals surface area contributed by atoms with Crippen molar-refractivity contribution in [3.05, 3.63) is 137 Å². The standard InChI is InChI=1S/C34H28/c1-23-8-6-7-11-32(23)34-24(2)12-13-31-22-30(18-19-33(31)34)29-17-16-27-20-26(14-15-28(27)21-29)25-9-4-3-5-10-25/h3-11,14-22H,12-13H2,1-2H3. The maximum atomic E-state index is 2.42. The molecule has 0 heterocycles. The zero-order valence-corrected chi connectivity index (χ0v) is 19.8. The first-order chi connectivity index (χ1) is 16.7. The summed E-state index contributed by atoms with van der Waals surface area (Å²) in [5.41, 5.74) is 13.6. The fourth-order valence-electron chi connectivity index (χ4n) is 5.36. The third-order valence-corrected chi connectivity index (χ3v) is 7.27. The van der Waals surface area contributed by atoms with Crippen molar-refractivity contribution in [1.29, 1.82) is 0 Å². The molecule has 0 saturated heterocycles. The Labute approximate surface area is 202 Å². The predicted molar refractivity (Wildman–Crippen MR) is 146 cm³/mol. The van der Waals surface area contributed by atoms with Crippen LogP contribution in [0.15, 0.2) is 115 Å². The summed E-state index contributed by atoms with van der Waals surface area (Å²) >= 11 is 0. The van der Waals surface area contributed by atoms with E-state index in [-0.39, 0.29) is 0 Å². The molecule has 5 aromatic carbocycles. The van der Waals surface area contributed by atoms with Gasteiger partial charge in [0, 0.05) is 0 Å². The summed E-state index contributed by atoms with van der Waals surface area (Å²) in [4.78, 5) is 0. The SMILES string of the molecule is CC1=C(c2ccccc2C)c2ccc(-c3ccc4cc(-c5ccccc5)ccc4c3)cc2CC1. The van der Waals surface area contributed by atoms with Gasteiger partial charge < -0.3 is 0 Å². The van der Waals surface area contributed by atoms with Gasteiger partial charge in [0.2, 0.25) is 0 Å². The maximum Gasteiger partial charge on any atom is -0.0117 e. The van der Waals surface area contributed by atoms with Crippen molar-refractivity contribution < 1.29 is 0 Å². The van der Waals surface area contributed by atoms with Crippen LogP contribution in [0.25, 0.3) is 38.6 Å². The first-order valence-corrected chi connectivity index (χ1v) is 12.2. The van der Waals surface area contributed by atoms with Crippen molar-refractivity contribution in [2.75, 3.05) is 0 Å². The predicted octanol–water partition coefficient (Wildman–Crippen LogP) is 9.25. The lowest BCUT2D eigenvalue weighted by Gasteiger charge is -2.24. The zero-order chi connectivity index (χ0) is 23.1. The molecule has 164 valence electrons. The van der Waals surface area contributed by atoms with Crippen LogP contribution >= 0.6 is 0 Å². The Balaban J connectivity index is 1.38. The lowest BCUT2D eigenvalue weighted by Crippen LogP contribution is -2.06. The molecule has 0 saturated carbocycles. The largest absolute Gasteiger partial charge is 0.0645 e. The van der Waals surface area contributed by atoms with E-state index in [0.717, 1.165) is 12.8 Å². The molecular weight excluding hydrogens is 408 g/mol. The number of fused-ring (bicyclic) bond motifs is 2. The Morgan fingerprint density at radius 2 is 1.09 bits per heavy atom. The molecule has 0 fully saturated rings. The molecule has 0 bridgehead atoms. The number of allylic oxidation sites excluding steroid dienone is 1. The molecule has 0 radical (unpaired) electrons. The molecule has 0 heteroatoms. The highest BCUT2D eigenvalue weighted by Crippen LogP contribution is 2.39. The van der Waals surface area contributed by atoms with Crippen LogP contribution in [0.4, 0.5) is 0 Å². The molecule has 0 aromatic heterocycles. The lowest BCUT2D eigenvalue weighted by molar-refractivity contribution is 0.918. The fourth-order valence-corrected chi connectivity index (χ4v) is 5.36. The van der Waals surface area contributed by atoms with Crippen molar-refractivity contribution in [2.24, 2.45) is 0 Å². The molecule has 0 N–H and O–H groups in total. The molecule has 0 spiro atoms. The minimum Gasteiger partial charge on any atom is -0.0645 e. The van der Waals surface area contributed by atoms with Crippen LogP contribution in [-0.4, -0.2) is 0 Å². The molecule has 0 aliphatic heterocycles. The molecule has 34 heavy (non-hydrogen) atoms. The van der Waals surface area contributed by atoms with E-state index in [9.17, 15) is 0 Å². The van der Waals surface area contributed by atoms with Gasteiger partial charge in [-0.15, -0.1) is 0 Å². The lowest BCUT2D eigenvalue weighted by atomic mass is 9.80. The normalized spacial score (nSPS) is 13.2. The van der Waals surface area contributed by atoms with Crippen LogP contribution in [0.5, 0.6) is 0 Å². The average Bonchev–Trinajstić information content (AvgIpc) is 2.89. The first kappa shape index (κ1) is 20.7. The number of hydrogen-bond acceptors (Lipinski definition) is 0. The Kier molecular flexibility index (Phi) is 5.15. The van der Waals surface area contributed by atoms with Gasteiger partial charge in [-0.25, -0.2) is 0 Å². The van der Waals surface area contributed by atoms with Crippen molar-refractivity contribution in [3.8, 4) is 22.3 Å². The first-order valence-electron chi connectivity index (χ1n) is 12.2. The number of aryl methyl sites for hydroxylation is 2. The summed E-state index contributed by atoms with van der Waals surface area (Å²) in [6.45, 7) is 4.52. The Bertz CT molecular complexity index is 1550.